The highest BCUT2D eigenvalue weighted by Crippen LogP contribution is 2.22. The first-order valence-electron chi connectivity index (χ1n) is 6.61. The van der Waals surface area contributed by atoms with E-state index in [9.17, 15) is 0 Å². The van der Waals surface area contributed by atoms with E-state index in [1.54, 1.807) is 7.11 Å². The normalized spacial score (nSPS) is 18.9. The fourth-order valence-corrected chi connectivity index (χ4v) is 2.41. The van der Waals surface area contributed by atoms with Gasteiger partial charge in [0.05, 0.1) is 7.11 Å². The zero-order chi connectivity index (χ0) is 13.0. The second-order valence-corrected chi connectivity index (χ2v) is 4.66. The number of ether oxygens (including phenoxy) is 1. The van der Waals surface area contributed by atoms with Gasteiger partial charge in [-0.05, 0) is 26.3 Å². The maximum absolute atomic E-state index is 5.23. The Kier molecular flexibility index (Phi) is 4.36. The second-order valence-electron chi connectivity index (χ2n) is 4.66. The average Bonchev–Trinajstić information content (AvgIpc) is 2.88. The number of hydrogen-bond donors (Lipinski definition) is 1. The highest BCUT2D eigenvalue weighted by molar-refractivity contribution is 5.43. The summed E-state index contributed by atoms with van der Waals surface area (Å²) in [6.45, 7) is 7.24. The Morgan fingerprint density at radius 2 is 2.33 bits per heavy atom. The molecule has 5 heteroatoms. The van der Waals surface area contributed by atoms with Crippen LogP contribution >= 0.6 is 0 Å². The van der Waals surface area contributed by atoms with E-state index in [0.717, 1.165) is 37.7 Å². The number of methoxy groups -OCH3 is 1. The number of anilines is 1. The van der Waals surface area contributed by atoms with Gasteiger partial charge in [0.15, 0.2) is 0 Å². The summed E-state index contributed by atoms with van der Waals surface area (Å²) in [6.07, 6.45) is 2.28. The largest absolute Gasteiger partial charge is 0.481 e. The van der Waals surface area contributed by atoms with Gasteiger partial charge in [0.1, 0.15) is 11.6 Å². The zero-order valence-corrected chi connectivity index (χ0v) is 11.4. The van der Waals surface area contributed by atoms with Gasteiger partial charge in [-0.15, -0.1) is 0 Å². The molecule has 1 fully saturated rings. The molecule has 1 saturated heterocycles. The quantitative estimate of drug-likeness (QED) is 0.855. The monoisotopic (exact) mass is 250 g/mol. The molecule has 0 aromatic carbocycles. The third-order valence-electron chi connectivity index (χ3n) is 3.24. The van der Waals surface area contributed by atoms with Crippen molar-refractivity contribution in [1.29, 1.82) is 0 Å². The standard InChI is InChI=1S/C13H22N4O/c1-4-7-17(11-5-6-14-9-11)12-8-13(18-3)16-10(2)15-12/h8,11,14H,4-7,9H2,1-3H3. The van der Waals surface area contributed by atoms with Crippen LogP contribution in [0.5, 0.6) is 5.88 Å². The van der Waals surface area contributed by atoms with E-state index in [1.165, 1.54) is 6.42 Å². The highest BCUT2D eigenvalue weighted by atomic mass is 16.5. The summed E-state index contributed by atoms with van der Waals surface area (Å²) in [4.78, 5) is 11.2. The Labute approximate surface area is 109 Å². The van der Waals surface area contributed by atoms with E-state index in [1.807, 2.05) is 13.0 Å². The van der Waals surface area contributed by atoms with Crippen LogP contribution in [0.15, 0.2) is 6.07 Å². The van der Waals surface area contributed by atoms with Crippen molar-refractivity contribution in [1.82, 2.24) is 15.3 Å². The van der Waals surface area contributed by atoms with Gasteiger partial charge in [-0.25, -0.2) is 4.98 Å². The molecule has 18 heavy (non-hydrogen) atoms. The second kappa shape index (κ2) is 6.00. The van der Waals surface area contributed by atoms with E-state index in [-0.39, 0.29) is 0 Å². The van der Waals surface area contributed by atoms with Crippen molar-refractivity contribution < 1.29 is 4.74 Å². The Morgan fingerprint density at radius 3 is 2.94 bits per heavy atom. The van der Waals surface area contributed by atoms with Crippen molar-refractivity contribution in [2.24, 2.45) is 0 Å². The maximum Gasteiger partial charge on any atom is 0.218 e. The molecule has 1 aromatic rings. The summed E-state index contributed by atoms with van der Waals surface area (Å²) in [5.74, 6) is 2.39. The Hall–Kier alpha value is -1.36. The third-order valence-corrected chi connectivity index (χ3v) is 3.24. The third kappa shape index (κ3) is 2.90. The molecular formula is C13H22N4O. The first-order valence-corrected chi connectivity index (χ1v) is 6.61. The van der Waals surface area contributed by atoms with Gasteiger partial charge in [-0.1, -0.05) is 6.92 Å². The molecule has 1 aromatic heterocycles. The first-order chi connectivity index (χ1) is 8.74. The Morgan fingerprint density at radius 1 is 1.50 bits per heavy atom. The fraction of sp³-hybridized carbons (Fsp3) is 0.692. The van der Waals surface area contributed by atoms with Crippen molar-refractivity contribution in [3.63, 3.8) is 0 Å². The van der Waals surface area contributed by atoms with Gasteiger partial charge in [0.25, 0.3) is 0 Å². The van der Waals surface area contributed by atoms with Crippen LogP contribution in [0.4, 0.5) is 5.82 Å². The van der Waals surface area contributed by atoms with Crippen LogP contribution in [-0.2, 0) is 0 Å². The SMILES string of the molecule is CCCN(c1cc(OC)nc(C)n1)C1CCNC1. The Bertz CT molecular complexity index is 391. The lowest BCUT2D eigenvalue weighted by Crippen LogP contribution is -2.38. The molecular weight excluding hydrogens is 228 g/mol. The van der Waals surface area contributed by atoms with E-state index in [4.69, 9.17) is 4.74 Å². The lowest BCUT2D eigenvalue weighted by Gasteiger charge is -2.29. The topological polar surface area (TPSA) is 50.3 Å². The minimum atomic E-state index is 0.531. The van der Waals surface area contributed by atoms with Gasteiger partial charge >= 0.3 is 0 Å². The lowest BCUT2D eigenvalue weighted by atomic mass is 10.2. The van der Waals surface area contributed by atoms with E-state index >= 15 is 0 Å². The molecule has 0 spiro atoms. The number of rotatable bonds is 5. The molecule has 0 amide bonds. The minimum absolute atomic E-state index is 0.531. The number of aryl methyl sites for hydroxylation is 1. The van der Waals surface area contributed by atoms with Gasteiger partial charge in [0.2, 0.25) is 5.88 Å². The van der Waals surface area contributed by atoms with Gasteiger partial charge < -0.3 is 15.0 Å². The van der Waals surface area contributed by atoms with Crippen LogP contribution in [0.1, 0.15) is 25.6 Å². The molecule has 2 rings (SSSR count). The molecule has 0 radical (unpaired) electrons. The van der Waals surface area contributed by atoms with E-state index < -0.39 is 0 Å². The molecule has 2 heterocycles. The van der Waals surface area contributed by atoms with Gasteiger partial charge in [-0.2, -0.15) is 4.98 Å². The Balaban J connectivity index is 2.25. The van der Waals surface area contributed by atoms with Crippen molar-refractivity contribution in [3.8, 4) is 5.88 Å². The number of nitrogens with zero attached hydrogens (tertiary/aromatic N) is 3. The minimum Gasteiger partial charge on any atom is -0.481 e. The zero-order valence-electron chi connectivity index (χ0n) is 11.4. The fourth-order valence-electron chi connectivity index (χ4n) is 2.41. The lowest BCUT2D eigenvalue weighted by molar-refractivity contribution is 0.395. The van der Waals surface area contributed by atoms with Crippen molar-refractivity contribution >= 4 is 5.82 Å². The smallest absolute Gasteiger partial charge is 0.218 e. The number of hydrogen-bond acceptors (Lipinski definition) is 5. The molecule has 1 N–H and O–H groups in total. The van der Waals surface area contributed by atoms with Crippen LogP contribution in [0.25, 0.3) is 0 Å². The molecule has 1 aliphatic rings. The first kappa shape index (κ1) is 13.1. The molecule has 0 aliphatic carbocycles. The van der Waals surface area contributed by atoms with Crippen molar-refractivity contribution in [2.45, 2.75) is 32.7 Å². The molecule has 1 aliphatic heterocycles. The van der Waals surface area contributed by atoms with Crippen LogP contribution in [0.3, 0.4) is 0 Å². The number of nitrogens with one attached hydrogen (secondary N) is 1. The summed E-state index contributed by atoms with van der Waals surface area (Å²) < 4.78 is 5.23. The molecule has 1 atom stereocenters. The molecule has 5 nitrogen and oxygen atoms in total. The predicted octanol–water partition coefficient (Wildman–Crippen LogP) is 1.37. The summed E-state index contributed by atoms with van der Waals surface area (Å²) >= 11 is 0. The van der Waals surface area contributed by atoms with Crippen LogP contribution < -0.4 is 15.0 Å². The van der Waals surface area contributed by atoms with Gasteiger partial charge in [0, 0.05) is 25.2 Å². The number of aromatic nitrogens is 2. The summed E-state index contributed by atoms with van der Waals surface area (Å²) in [6, 6.07) is 2.46. The van der Waals surface area contributed by atoms with Crippen LogP contribution in [-0.4, -0.2) is 42.8 Å². The summed E-state index contributed by atoms with van der Waals surface area (Å²) in [5.41, 5.74) is 0. The summed E-state index contributed by atoms with van der Waals surface area (Å²) in [7, 11) is 1.65. The average molecular weight is 250 g/mol. The van der Waals surface area contributed by atoms with E-state index in [0.29, 0.717) is 11.9 Å². The maximum atomic E-state index is 5.23. The molecule has 100 valence electrons. The van der Waals surface area contributed by atoms with E-state index in [2.05, 4.69) is 27.1 Å². The molecule has 0 saturated carbocycles. The molecule has 1 unspecified atom stereocenters. The molecule has 0 bridgehead atoms. The van der Waals surface area contributed by atoms with Crippen molar-refractivity contribution in [2.75, 3.05) is 31.6 Å². The van der Waals surface area contributed by atoms with Gasteiger partial charge in [-0.3, -0.25) is 0 Å². The van der Waals surface area contributed by atoms with Crippen molar-refractivity contribution in [3.05, 3.63) is 11.9 Å². The van der Waals surface area contributed by atoms with Crippen LogP contribution in [0.2, 0.25) is 0 Å². The summed E-state index contributed by atoms with van der Waals surface area (Å²) in [5, 5.41) is 3.41. The van der Waals surface area contributed by atoms with Crippen LogP contribution in [0, 0.1) is 6.92 Å². The highest BCUT2D eigenvalue weighted by Gasteiger charge is 2.23. The predicted molar refractivity (Wildman–Crippen MR) is 72.2 cm³/mol.